The van der Waals surface area contributed by atoms with E-state index in [1.54, 1.807) is 6.08 Å². The van der Waals surface area contributed by atoms with Gasteiger partial charge in [-0.1, -0.05) is 241 Å². The number of aliphatic hydroxyl groups is 2. The van der Waals surface area contributed by atoms with Gasteiger partial charge in [0, 0.05) is 6.42 Å². The summed E-state index contributed by atoms with van der Waals surface area (Å²) in [6.07, 6.45) is 70.5. The molecule has 1 amide bonds. The predicted molar refractivity (Wildman–Crippen MR) is 257 cm³/mol. The molecule has 0 aliphatic rings. The van der Waals surface area contributed by atoms with Crippen LogP contribution in [0.1, 0.15) is 245 Å². The zero-order valence-electron chi connectivity index (χ0n) is 38.5. The molecule has 0 heterocycles. The fraction of sp³-hybridized carbons (Fsp3) is 0.759. The van der Waals surface area contributed by atoms with Gasteiger partial charge in [-0.25, -0.2) is 0 Å². The Morgan fingerprint density at radius 3 is 1.21 bits per heavy atom. The van der Waals surface area contributed by atoms with Crippen LogP contribution in [-0.4, -0.2) is 34.9 Å². The molecule has 2 atom stereocenters. The van der Waals surface area contributed by atoms with E-state index in [9.17, 15) is 15.0 Å². The summed E-state index contributed by atoms with van der Waals surface area (Å²) in [5.74, 6) is -0.0982. The molecule has 0 saturated heterocycles. The van der Waals surface area contributed by atoms with Gasteiger partial charge in [0.25, 0.3) is 0 Å². The van der Waals surface area contributed by atoms with Gasteiger partial charge >= 0.3 is 0 Å². The second-order valence-corrected chi connectivity index (χ2v) is 16.8. The Balaban J connectivity index is 3.58. The van der Waals surface area contributed by atoms with E-state index in [0.717, 1.165) is 77.0 Å². The second kappa shape index (κ2) is 49.2. The first-order valence-corrected chi connectivity index (χ1v) is 25.2. The van der Waals surface area contributed by atoms with Gasteiger partial charge in [-0.15, -0.1) is 0 Å². The van der Waals surface area contributed by atoms with Crippen molar-refractivity contribution >= 4 is 5.91 Å². The van der Waals surface area contributed by atoms with E-state index >= 15 is 0 Å². The fourth-order valence-corrected chi connectivity index (χ4v) is 7.36. The molecule has 2 unspecified atom stereocenters. The van der Waals surface area contributed by atoms with E-state index in [-0.39, 0.29) is 12.5 Å². The molecule has 0 aromatic rings. The summed E-state index contributed by atoms with van der Waals surface area (Å²) >= 11 is 0. The third-order valence-corrected chi connectivity index (χ3v) is 11.2. The number of amides is 1. The maximum Gasteiger partial charge on any atom is 0.220 e. The molecule has 4 nitrogen and oxygen atoms in total. The molecule has 58 heavy (non-hydrogen) atoms. The Morgan fingerprint density at radius 2 is 0.776 bits per heavy atom. The van der Waals surface area contributed by atoms with Gasteiger partial charge in [0.2, 0.25) is 5.91 Å². The molecular formula is C54H97NO3. The van der Waals surface area contributed by atoms with Crippen LogP contribution >= 0.6 is 0 Å². The zero-order valence-corrected chi connectivity index (χ0v) is 38.5. The smallest absolute Gasteiger partial charge is 0.220 e. The molecule has 0 bridgehead atoms. The van der Waals surface area contributed by atoms with Gasteiger partial charge < -0.3 is 15.5 Å². The number of nitrogens with one attached hydrogen (secondary N) is 1. The third-order valence-electron chi connectivity index (χ3n) is 11.2. The molecule has 0 fully saturated rings. The molecule has 0 aromatic carbocycles. The van der Waals surface area contributed by atoms with Crippen LogP contribution in [-0.2, 0) is 4.79 Å². The van der Waals surface area contributed by atoms with Crippen LogP contribution in [0, 0.1) is 0 Å². The Labute approximate surface area is 361 Å². The largest absolute Gasteiger partial charge is 0.394 e. The number of aliphatic hydroxyl groups excluding tert-OH is 2. The third kappa shape index (κ3) is 44.9. The van der Waals surface area contributed by atoms with Crippen LogP contribution in [0.2, 0.25) is 0 Å². The first-order chi connectivity index (χ1) is 28.7. The fourth-order valence-electron chi connectivity index (χ4n) is 7.36. The molecule has 0 saturated carbocycles. The van der Waals surface area contributed by atoms with E-state index in [0.29, 0.717) is 6.42 Å². The molecule has 0 aromatic heterocycles. The minimum absolute atomic E-state index is 0.0982. The Morgan fingerprint density at radius 1 is 0.431 bits per heavy atom. The van der Waals surface area contributed by atoms with Crippen molar-refractivity contribution in [1.29, 1.82) is 0 Å². The van der Waals surface area contributed by atoms with Crippen LogP contribution in [0.15, 0.2) is 72.9 Å². The van der Waals surface area contributed by atoms with E-state index in [4.69, 9.17) is 0 Å². The summed E-state index contributed by atoms with van der Waals surface area (Å²) in [6.45, 7) is 4.18. The zero-order chi connectivity index (χ0) is 42.1. The molecule has 336 valence electrons. The van der Waals surface area contributed by atoms with Crippen LogP contribution < -0.4 is 5.32 Å². The Bertz CT molecular complexity index is 1010. The number of unbranched alkanes of at least 4 members (excludes halogenated alkanes) is 28. The Kier molecular flexibility index (Phi) is 47.4. The van der Waals surface area contributed by atoms with Crippen molar-refractivity contribution in [3.8, 4) is 0 Å². The standard InChI is InChI=1S/C54H97NO3/c1-3-5-7-9-11-13-15-17-19-21-22-23-24-25-26-27-28-29-30-31-32-34-35-37-39-41-43-45-47-49-53(57)52(51-56)55-54(58)50-48-46-44-42-40-38-36-33-20-18-16-14-12-10-8-6-4-2/h6,8,12,14,18,20,36,38-39,41,47,49,52-53,56-57H,3-5,7,9-11,13,15-17,19,21-35,37,40,42-46,48,50-51H2,1-2H3,(H,55,58)/b8-6-,14-12-,20-18-,38-36-,41-39+,49-47+. The maximum atomic E-state index is 12.4. The highest BCUT2D eigenvalue weighted by molar-refractivity contribution is 5.76. The van der Waals surface area contributed by atoms with Crippen LogP contribution in [0.25, 0.3) is 0 Å². The van der Waals surface area contributed by atoms with E-state index < -0.39 is 12.1 Å². The number of rotatable bonds is 45. The van der Waals surface area contributed by atoms with Gasteiger partial charge in [-0.2, -0.15) is 0 Å². The lowest BCUT2D eigenvalue weighted by Crippen LogP contribution is -2.45. The highest BCUT2D eigenvalue weighted by Gasteiger charge is 2.17. The molecule has 0 aliphatic carbocycles. The number of allylic oxidation sites excluding steroid dienone is 11. The summed E-state index contributed by atoms with van der Waals surface area (Å²) in [6, 6.07) is -0.656. The molecule has 4 heteroatoms. The number of carbonyl (C=O) groups is 1. The first kappa shape index (κ1) is 55.8. The topological polar surface area (TPSA) is 69.6 Å². The van der Waals surface area contributed by atoms with Crippen molar-refractivity contribution in [2.24, 2.45) is 0 Å². The van der Waals surface area contributed by atoms with Crippen LogP contribution in [0.4, 0.5) is 0 Å². The Hall–Kier alpha value is -2.17. The summed E-state index contributed by atoms with van der Waals surface area (Å²) in [7, 11) is 0. The van der Waals surface area contributed by atoms with Gasteiger partial charge in [0.1, 0.15) is 0 Å². The molecule has 3 N–H and O–H groups in total. The number of hydrogen-bond donors (Lipinski definition) is 3. The SMILES string of the molecule is CC/C=C\C/C=C\C/C=C\C/C=C\CCCCCCC(=O)NC(CO)C(O)/C=C/CC/C=C/CCCCCCCCCCCCCCCCCCCCCCCCC. The number of carbonyl (C=O) groups excluding carboxylic acids is 1. The lowest BCUT2D eigenvalue weighted by atomic mass is 10.0. The summed E-state index contributed by atoms with van der Waals surface area (Å²) in [5, 5.41) is 23.0. The molecule has 0 radical (unpaired) electrons. The molecule has 0 aliphatic heterocycles. The number of hydrogen-bond acceptors (Lipinski definition) is 3. The second-order valence-electron chi connectivity index (χ2n) is 16.8. The minimum Gasteiger partial charge on any atom is -0.394 e. The van der Waals surface area contributed by atoms with Crippen molar-refractivity contribution in [1.82, 2.24) is 5.32 Å². The molecular weight excluding hydrogens is 711 g/mol. The lowest BCUT2D eigenvalue weighted by Gasteiger charge is -2.19. The van der Waals surface area contributed by atoms with Gasteiger partial charge in [0.05, 0.1) is 18.8 Å². The highest BCUT2D eigenvalue weighted by atomic mass is 16.3. The molecule has 0 rings (SSSR count). The summed E-state index contributed by atoms with van der Waals surface area (Å²) < 4.78 is 0. The lowest BCUT2D eigenvalue weighted by molar-refractivity contribution is -0.123. The monoisotopic (exact) mass is 808 g/mol. The van der Waals surface area contributed by atoms with Gasteiger partial charge in [0.15, 0.2) is 0 Å². The van der Waals surface area contributed by atoms with E-state index in [1.165, 1.54) is 148 Å². The van der Waals surface area contributed by atoms with Crippen molar-refractivity contribution < 1.29 is 15.0 Å². The van der Waals surface area contributed by atoms with Gasteiger partial charge in [-0.05, 0) is 70.6 Å². The predicted octanol–water partition coefficient (Wildman–Crippen LogP) is 16.2. The highest BCUT2D eigenvalue weighted by Crippen LogP contribution is 2.16. The summed E-state index contributed by atoms with van der Waals surface area (Å²) in [4.78, 5) is 12.4. The normalized spacial score (nSPS) is 13.5. The summed E-state index contributed by atoms with van der Waals surface area (Å²) in [5.41, 5.74) is 0. The van der Waals surface area contributed by atoms with Crippen molar-refractivity contribution in [2.75, 3.05) is 6.61 Å². The van der Waals surface area contributed by atoms with E-state index in [2.05, 4.69) is 79.9 Å². The van der Waals surface area contributed by atoms with Crippen molar-refractivity contribution in [3.63, 3.8) is 0 Å². The average Bonchev–Trinajstić information content (AvgIpc) is 3.23. The quantitative estimate of drug-likeness (QED) is 0.0424. The van der Waals surface area contributed by atoms with Crippen molar-refractivity contribution in [3.05, 3.63) is 72.9 Å². The maximum absolute atomic E-state index is 12.4. The molecule has 0 spiro atoms. The average molecular weight is 808 g/mol. The first-order valence-electron chi connectivity index (χ1n) is 25.2. The van der Waals surface area contributed by atoms with Crippen LogP contribution in [0.5, 0.6) is 0 Å². The van der Waals surface area contributed by atoms with Crippen molar-refractivity contribution in [2.45, 2.75) is 257 Å². The minimum atomic E-state index is -0.877. The van der Waals surface area contributed by atoms with Gasteiger partial charge in [-0.3, -0.25) is 4.79 Å². The van der Waals surface area contributed by atoms with E-state index in [1.807, 2.05) is 6.08 Å². The van der Waals surface area contributed by atoms with Crippen LogP contribution in [0.3, 0.4) is 0 Å².